The number of nitrogens with zero attached hydrogens (tertiary/aromatic N) is 2. The molecule has 0 aliphatic carbocycles. The zero-order valence-corrected chi connectivity index (χ0v) is 6.85. The Hall–Kier alpha value is -1.16. The van der Waals surface area contributed by atoms with Crippen molar-refractivity contribution in [2.75, 3.05) is 5.73 Å². The minimum atomic E-state index is 0.569. The normalized spacial score (nSPS) is 10.6. The number of aryl methyl sites for hydroxylation is 1. The van der Waals surface area contributed by atoms with Crippen molar-refractivity contribution in [2.24, 2.45) is 0 Å². The van der Waals surface area contributed by atoms with Gasteiger partial charge in [0.05, 0.1) is 10.9 Å². The number of thiophene rings is 1. The highest BCUT2D eigenvalue weighted by molar-refractivity contribution is 7.11. The molecule has 2 heterocycles. The number of nitrogen functional groups attached to an aromatic ring is 1. The van der Waals surface area contributed by atoms with E-state index in [1.54, 1.807) is 11.3 Å². The Balaban J connectivity index is 2.94. The number of hydrogen-bond donors (Lipinski definition) is 1. The summed E-state index contributed by atoms with van der Waals surface area (Å²) in [5.74, 6) is 0.569. The van der Waals surface area contributed by atoms with Crippen molar-refractivity contribution in [3.05, 3.63) is 16.6 Å². The Morgan fingerprint density at radius 2 is 2.27 bits per heavy atom. The van der Waals surface area contributed by atoms with Crippen molar-refractivity contribution >= 4 is 28.1 Å². The summed E-state index contributed by atoms with van der Waals surface area (Å²) < 4.78 is 0. The van der Waals surface area contributed by atoms with E-state index in [-0.39, 0.29) is 0 Å². The quantitative estimate of drug-likeness (QED) is 0.644. The molecule has 2 N–H and O–H groups in total. The third-order valence-corrected chi connectivity index (χ3v) is 2.50. The van der Waals surface area contributed by atoms with E-state index >= 15 is 0 Å². The lowest BCUT2D eigenvalue weighted by molar-refractivity contribution is 1.23. The molecule has 0 saturated heterocycles. The van der Waals surface area contributed by atoms with Crippen molar-refractivity contribution in [3.8, 4) is 0 Å². The topological polar surface area (TPSA) is 51.8 Å². The monoisotopic (exact) mass is 165 g/mol. The molecule has 3 nitrogen and oxygen atoms in total. The van der Waals surface area contributed by atoms with E-state index in [4.69, 9.17) is 5.73 Å². The molecule has 2 aromatic heterocycles. The zero-order valence-electron chi connectivity index (χ0n) is 6.03. The standard InChI is InChI=1S/C7H7N3S/c1-4-6-5(2-11-4)7(8)10-3-9-6/h2-3H,1H3,(H2,8,9,10). The van der Waals surface area contributed by atoms with Gasteiger partial charge in [-0.25, -0.2) is 9.97 Å². The van der Waals surface area contributed by atoms with Crippen LogP contribution in [0.2, 0.25) is 0 Å². The Morgan fingerprint density at radius 3 is 3.00 bits per heavy atom. The summed E-state index contributed by atoms with van der Waals surface area (Å²) in [6.45, 7) is 2.03. The molecular weight excluding hydrogens is 158 g/mol. The molecule has 0 atom stereocenters. The Morgan fingerprint density at radius 1 is 1.45 bits per heavy atom. The van der Waals surface area contributed by atoms with Gasteiger partial charge in [-0.1, -0.05) is 0 Å². The molecule has 0 saturated carbocycles. The molecule has 0 aliphatic heterocycles. The molecule has 0 spiro atoms. The van der Waals surface area contributed by atoms with Crippen LogP contribution in [0.3, 0.4) is 0 Å². The second-order valence-electron chi connectivity index (χ2n) is 2.31. The van der Waals surface area contributed by atoms with Gasteiger partial charge in [-0.05, 0) is 6.92 Å². The first-order valence-corrected chi connectivity index (χ1v) is 4.11. The molecular formula is C7H7N3S. The average molecular weight is 165 g/mol. The summed E-state index contributed by atoms with van der Waals surface area (Å²) in [5.41, 5.74) is 6.60. The van der Waals surface area contributed by atoms with Crippen LogP contribution in [0.15, 0.2) is 11.7 Å². The molecule has 0 bridgehead atoms. The van der Waals surface area contributed by atoms with Crippen LogP contribution in [0, 0.1) is 6.92 Å². The van der Waals surface area contributed by atoms with Gasteiger partial charge >= 0.3 is 0 Å². The van der Waals surface area contributed by atoms with E-state index in [0.29, 0.717) is 5.82 Å². The van der Waals surface area contributed by atoms with Crippen molar-refractivity contribution in [1.29, 1.82) is 0 Å². The lowest BCUT2D eigenvalue weighted by atomic mass is 10.3. The number of hydrogen-bond acceptors (Lipinski definition) is 4. The van der Waals surface area contributed by atoms with Crippen LogP contribution >= 0.6 is 11.3 Å². The highest BCUT2D eigenvalue weighted by Gasteiger charge is 2.03. The van der Waals surface area contributed by atoms with E-state index in [0.717, 1.165) is 10.9 Å². The van der Waals surface area contributed by atoms with E-state index in [1.165, 1.54) is 11.2 Å². The van der Waals surface area contributed by atoms with Crippen LogP contribution in [0.1, 0.15) is 4.88 Å². The smallest absolute Gasteiger partial charge is 0.135 e. The van der Waals surface area contributed by atoms with Gasteiger partial charge in [-0.15, -0.1) is 11.3 Å². The van der Waals surface area contributed by atoms with E-state index in [9.17, 15) is 0 Å². The fourth-order valence-corrected chi connectivity index (χ4v) is 1.81. The summed E-state index contributed by atoms with van der Waals surface area (Å²) in [5, 5.41) is 2.95. The van der Waals surface area contributed by atoms with Crippen LogP contribution in [-0.4, -0.2) is 9.97 Å². The average Bonchev–Trinajstić information content (AvgIpc) is 2.35. The first kappa shape index (κ1) is 6.54. The van der Waals surface area contributed by atoms with Gasteiger partial charge in [0, 0.05) is 10.3 Å². The number of anilines is 1. The fraction of sp³-hybridized carbons (Fsp3) is 0.143. The minimum absolute atomic E-state index is 0.569. The third-order valence-electron chi connectivity index (χ3n) is 1.60. The summed E-state index contributed by atoms with van der Waals surface area (Å²) >= 11 is 1.65. The molecule has 2 aromatic rings. The molecule has 11 heavy (non-hydrogen) atoms. The molecule has 0 fully saturated rings. The zero-order chi connectivity index (χ0) is 7.84. The van der Waals surface area contributed by atoms with Gasteiger partial charge in [-0.3, -0.25) is 0 Å². The highest BCUT2D eigenvalue weighted by atomic mass is 32.1. The fourth-order valence-electron chi connectivity index (χ4n) is 1.01. The van der Waals surface area contributed by atoms with Crippen LogP contribution in [0.25, 0.3) is 10.9 Å². The maximum Gasteiger partial charge on any atom is 0.135 e. The minimum Gasteiger partial charge on any atom is -0.383 e. The number of fused-ring (bicyclic) bond motifs is 1. The summed E-state index contributed by atoms with van der Waals surface area (Å²) in [4.78, 5) is 9.20. The summed E-state index contributed by atoms with van der Waals surface area (Å²) in [7, 11) is 0. The molecule has 4 heteroatoms. The molecule has 0 aromatic carbocycles. The lowest BCUT2D eigenvalue weighted by Crippen LogP contribution is -1.90. The van der Waals surface area contributed by atoms with Crippen molar-refractivity contribution in [2.45, 2.75) is 6.92 Å². The number of nitrogens with two attached hydrogens (primary N) is 1. The van der Waals surface area contributed by atoms with Gasteiger partial charge in [0.25, 0.3) is 0 Å². The number of rotatable bonds is 0. The first-order valence-electron chi connectivity index (χ1n) is 3.23. The molecule has 0 unspecified atom stereocenters. The summed E-state index contributed by atoms with van der Waals surface area (Å²) in [6, 6.07) is 0. The van der Waals surface area contributed by atoms with Crippen LogP contribution < -0.4 is 5.73 Å². The largest absolute Gasteiger partial charge is 0.383 e. The van der Waals surface area contributed by atoms with Crippen LogP contribution in [0.4, 0.5) is 5.82 Å². The maximum absolute atomic E-state index is 5.63. The van der Waals surface area contributed by atoms with Crippen molar-refractivity contribution in [3.63, 3.8) is 0 Å². The SMILES string of the molecule is Cc1scc2c(N)ncnc12. The van der Waals surface area contributed by atoms with Gasteiger partial charge in [0.15, 0.2) is 0 Å². The first-order chi connectivity index (χ1) is 5.29. The third kappa shape index (κ3) is 0.867. The number of aromatic nitrogens is 2. The predicted molar refractivity (Wildman–Crippen MR) is 46.6 cm³/mol. The lowest BCUT2D eigenvalue weighted by Gasteiger charge is -1.92. The molecule has 0 aliphatic rings. The summed E-state index contributed by atoms with van der Waals surface area (Å²) in [6.07, 6.45) is 1.50. The van der Waals surface area contributed by atoms with Gasteiger partial charge in [-0.2, -0.15) is 0 Å². The molecule has 0 radical (unpaired) electrons. The van der Waals surface area contributed by atoms with Gasteiger partial charge in [0.2, 0.25) is 0 Å². The van der Waals surface area contributed by atoms with E-state index in [1.807, 2.05) is 12.3 Å². The second-order valence-corrected chi connectivity index (χ2v) is 3.40. The predicted octanol–water partition coefficient (Wildman–Crippen LogP) is 1.58. The maximum atomic E-state index is 5.63. The second kappa shape index (κ2) is 2.17. The van der Waals surface area contributed by atoms with Crippen molar-refractivity contribution in [1.82, 2.24) is 9.97 Å². The van der Waals surface area contributed by atoms with E-state index < -0.39 is 0 Å². The molecule has 56 valence electrons. The Kier molecular flexibility index (Phi) is 1.29. The van der Waals surface area contributed by atoms with E-state index in [2.05, 4.69) is 9.97 Å². The molecule has 0 amide bonds. The van der Waals surface area contributed by atoms with Crippen LogP contribution in [-0.2, 0) is 0 Å². The van der Waals surface area contributed by atoms with Gasteiger partial charge in [0.1, 0.15) is 12.1 Å². The Bertz CT molecular complexity index is 393. The van der Waals surface area contributed by atoms with Crippen molar-refractivity contribution < 1.29 is 0 Å². The molecule has 2 rings (SSSR count). The highest BCUT2D eigenvalue weighted by Crippen LogP contribution is 2.25. The van der Waals surface area contributed by atoms with Gasteiger partial charge < -0.3 is 5.73 Å². The van der Waals surface area contributed by atoms with Crippen LogP contribution in [0.5, 0.6) is 0 Å². The Labute approximate surface area is 67.9 Å².